The van der Waals surface area contributed by atoms with Gasteiger partial charge >= 0.3 is 24.2 Å². The van der Waals surface area contributed by atoms with Crippen molar-refractivity contribution in [3.05, 3.63) is 90.0 Å². The summed E-state index contributed by atoms with van der Waals surface area (Å²) >= 11 is 0. The normalized spacial score (nSPS) is 14.0. The highest BCUT2D eigenvalue weighted by molar-refractivity contribution is 5.95. The fraction of sp³-hybridized carbons (Fsp3) is 0.310. The minimum Gasteiger partial charge on any atom is -0.491 e. The quantitative estimate of drug-likeness (QED) is 0.183. The first kappa shape index (κ1) is 36.3. The Balaban J connectivity index is 0.00000675. The van der Waals surface area contributed by atoms with Gasteiger partial charge in [-0.25, -0.2) is 0 Å². The summed E-state index contributed by atoms with van der Waals surface area (Å²) in [5.74, 6) is -4.53. The molecule has 0 fully saturated rings. The lowest BCUT2D eigenvalue weighted by molar-refractivity contribution is -0.167. The highest BCUT2D eigenvalue weighted by atomic mass is 35.5. The zero-order valence-electron chi connectivity index (χ0n) is 23.0. The predicted octanol–water partition coefficient (Wildman–Crippen LogP) is 5.14. The van der Waals surface area contributed by atoms with E-state index in [2.05, 4.69) is 0 Å². The van der Waals surface area contributed by atoms with Crippen molar-refractivity contribution in [2.24, 2.45) is 11.7 Å². The van der Waals surface area contributed by atoms with Crippen molar-refractivity contribution in [2.45, 2.75) is 43.4 Å². The van der Waals surface area contributed by atoms with Gasteiger partial charge in [-0.3, -0.25) is 9.59 Å². The molecule has 2 amide bonds. The van der Waals surface area contributed by atoms with Crippen molar-refractivity contribution in [2.75, 3.05) is 17.2 Å². The first-order valence-electron chi connectivity index (χ1n) is 12.8. The Bertz CT molecular complexity index is 1300. The van der Waals surface area contributed by atoms with E-state index in [1.807, 2.05) is 0 Å². The summed E-state index contributed by atoms with van der Waals surface area (Å²) in [5.41, 5.74) is 4.20. The number of anilines is 2. The van der Waals surface area contributed by atoms with E-state index in [0.717, 1.165) is 24.3 Å². The van der Waals surface area contributed by atoms with Crippen LogP contribution in [0.5, 0.6) is 5.75 Å². The van der Waals surface area contributed by atoms with Gasteiger partial charge in [0.25, 0.3) is 0 Å². The molecule has 0 heterocycles. The SMILES string of the molecule is CC(CC(O)(c1ccc(NC(=O)C(F)(F)F)cc1)c1ccc(NC(=O)C(F)(F)F)cc1)C(N)[C@@H](O)COc1ccccc1.Cl. The van der Waals surface area contributed by atoms with Crippen LogP contribution >= 0.6 is 12.4 Å². The fourth-order valence-electron chi connectivity index (χ4n) is 4.26. The number of hydrogen-bond acceptors (Lipinski definition) is 6. The molecular weight excluding hydrogens is 620 g/mol. The summed E-state index contributed by atoms with van der Waals surface area (Å²) in [6.07, 6.45) is -11.6. The maximum absolute atomic E-state index is 12.7. The largest absolute Gasteiger partial charge is 0.491 e. The van der Waals surface area contributed by atoms with Gasteiger partial charge in [-0.15, -0.1) is 12.4 Å². The lowest BCUT2D eigenvalue weighted by Gasteiger charge is -2.35. The maximum atomic E-state index is 12.7. The standard InChI is InChI=1S/C29H29F6N3O5.ClH/c1-17(24(36)23(39)16-43-22-5-3-2-4-6-22)15-27(42,18-7-11-20(12-8-18)37-25(40)28(30,31)32)19-9-13-21(14-10-19)38-26(41)29(33,34)35;/h2-14,17,23-24,39,42H,15-16,36H2,1H3,(H,37,40)(H,38,41);1H/t17?,23-,24?;/m0./s1. The van der Waals surface area contributed by atoms with E-state index in [1.165, 1.54) is 24.3 Å². The van der Waals surface area contributed by atoms with Gasteiger partial charge in [0.1, 0.15) is 24.1 Å². The van der Waals surface area contributed by atoms with E-state index < -0.39 is 47.8 Å². The third kappa shape index (κ3) is 9.58. The number of nitrogens with one attached hydrogen (secondary N) is 2. The zero-order chi connectivity index (χ0) is 32.0. The van der Waals surface area contributed by atoms with Crippen LogP contribution in [0.1, 0.15) is 24.5 Å². The minimum absolute atomic E-state index is 0. The number of benzene rings is 3. The lowest BCUT2D eigenvalue weighted by Crippen LogP contribution is -2.46. The summed E-state index contributed by atoms with van der Waals surface area (Å²) in [6, 6.07) is 17.3. The number of aliphatic hydroxyl groups excluding tert-OH is 1. The zero-order valence-corrected chi connectivity index (χ0v) is 23.8. The molecule has 3 atom stereocenters. The fourth-order valence-corrected chi connectivity index (χ4v) is 4.26. The van der Waals surface area contributed by atoms with Crippen LogP contribution in [-0.4, -0.2) is 53.1 Å². The van der Waals surface area contributed by atoms with Crippen LogP contribution in [0.15, 0.2) is 78.9 Å². The van der Waals surface area contributed by atoms with E-state index in [1.54, 1.807) is 47.9 Å². The van der Waals surface area contributed by atoms with Gasteiger partial charge < -0.3 is 31.3 Å². The molecule has 240 valence electrons. The summed E-state index contributed by atoms with van der Waals surface area (Å²) < 4.78 is 81.5. The number of carbonyl (C=O) groups excluding carboxylic acids is 2. The number of halogens is 7. The number of aliphatic hydroxyl groups is 2. The van der Waals surface area contributed by atoms with Gasteiger partial charge in [0.05, 0.1) is 0 Å². The van der Waals surface area contributed by atoms with Crippen LogP contribution in [-0.2, 0) is 15.2 Å². The third-order valence-corrected chi connectivity index (χ3v) is 6.64. The van der Waals surface area contributed by atoms with Gasteiger partial charge in [0.2, 0.25) is 0 Å². The first-order valence-corrected chi connectivity index (χ1v) is 12.8. The van der Waals surface area contributed by atoms with Crippen LogP contribution in [0.4, 0.5) is 37.7 Å². The first-order chi connectivity index (χ1) is 20.0. The van der Waals surface area contributed by atoms with E-state index in [9.17, 15) is 46.1 Å². The molecule has 0 bridgehead atoms. The van der Waals surface area contributed by atoms with Crippen molar-refractivity contribution in [1.29, 1.82) is 0 Å². The Labute approximate surface area is 254 Å². The number of nitrogens with two attached hydrogens (primary N) is 1. The Morgan fingerprint density at radius 1 is 0.795 bits per heavy atom. The van der Waals surface area contributed by atoms with Crippen molar-refractivity contribution >= 4 is 35.6 Å². The van der Waals surface area contributed by atoms with Crippen molar-refractivity contribution < 1.29 is 50.9 Å². The van der Waals surface area contributed by atoms with Crippen LogP contribution in [0.3, 0.4) is 0 Å². The molecule has 44 heavy (non-hydrogen) atoms. The second kappa shape index (κ2) is 14.8. The smallest absolute Gasteiger partial charge is 0.471 e. The average Bonchev–Trinajstić information content (AvgIpc) is 2.95. The summed E-state index contributed by atoms with van der Waals surface area (Å²) in [7, 11) is 0. The van der Waals surface area contributed by atoms with E-state index in [-0.39, 0.29) is 47.9 Å². The topological polar surface area (TPSA) is 134 Å². The highest BCUT2D eigenvalue weighted by Gasteiger charge is 2.40. The van der Waals surface area contributed by atoms with Gasteiger partial charge in [-0.1, -0.05) is 49.4 Å². The molecule has 0 saturated heterocycles. The molecule has 3 aromatic carbocycles. The molecular formula is C29H30ClF6N3O5. The summed E-state index contributed by atoms with van der Waals surface area (Å²) in [5, 5.41) is 26.0. The molecule has 3 aromatic rings. The van der Waals surface area contributed by atoms with Crippen LogP contribution in [0, 0.1) is 5.92 Å². The number of ether oxygens (including phenoxy) is 1. The molecule has 15 heteroatoms. The van der Waals surface area contributed by atoms with Gasteiger partial charge in [0.15, 0.2) is 0 Å². The maximum Gasteiger partial charge on any atom is 0.471 e. The summed E-state index contributed by atoms with van der Waals surface area (Å²) in [6.45, 7) is 1.46. The number of alkyl halides is 6. The molecule has 8 nitrogen and oxygen atoms in total. The number of rotatable bonds is 11. The van der Waals surface area contributed by atoms with Crippen LogP contribution in [0.2, 0.25) is 0 Å². The molecule has 0 aliphatic rings. The van der Waals surface area contributed by atoms with Gasteiger partial charge in [-0.05, 0) is 59.9 Å². The molecule has 3 rings (SSSR count). The second-order valence-corrected chi connectivity index (χ2v) is 9.87. The monoisotopic (exact) mass is 649 g/mol. The Morgan fingerprint density at radius 2 is 1.20 bits per heavy atom. The number of para-hydroxylation sites is 1. The summed E-state index contributed by atoms with van der Waals surface area (Å²) in [4.78, 5) is 22.6. The number of amides is 2. The molecule has 0 saturated carbocycles. The molecule has 0 radical (unpaired) electrons. The minimum atomic E-state index is -5.13. The lowest BCUT2D eigenvalue weighted by atomic mass is 9.77. The Hall–Kier alpha value is -3.85. The van der Waals surface area contributed by atoms with Crippen LogP contribution in [0.25, 0.3) is 0 Å². The Kier molecular flexibility index (Phi) is 12.2. The molecule has 0 aliphatic heterocycles. The van der Waals surface area contributed by atoms with Crippen molar-refractivity contribution in [1.82, 2.24) is 0 Å². The van der Waals surface area contributed by atoms with Crippen molar-refractivity contribution in [3.63, 3.8) is 0 Å². The second-order valence-electron chi connectivity index (χ2n) is 9.87. The molecule has 0 aromatic heterocycles. The molecule has 0 aliphatic carbocycles. The van der Waals surface area contributed by atoms with Gasteiger partial charge in [-0.2, -0.15) is 26.3 Å². The third-order valence-electron chi connectivity index (χ3n) is 6.64. The van der Waals surface area contributed by atoms with E-state index in [4.69, 9.17) is 10.5 Å². The van der Waals surface area contributed by atoms with Crippen LogP contribution < -0.4 is 21.1 Å². The number of hydrogen-bond donors (Lipinski definition) is 5. The van der Waals surface area contributed by atoms with E-state index >= 15 is 0 Å². The predicted molar refractivity (Wildman–Crippen MR) is 152 cm³/mol. The van der Waals surface area contributed by atoms with E-state index in [0.29, 0.717) is 5.75 Å². The number of carbonyl (C=O) groups is 2. The Morgan fingerprint density at radius 3 is 1.59 bits per heavy atom. The molecule has 0 spiro atoms. The van der Waals surface area contributed by atoms with Gasteiger partial charge in [0, 0.05) is 17.4 Å². The highest BCUT2D eigenvalue weighted by Crippen LogP contribution is 2.38. The van der Waals surface area contributed by atoms with Crippen molar-refractivity contribution in [3.8, 4) is 5.75 Å². The average molecular weight is 650 g/mol. The molecule has 6 N–H and O–H groups in total. The molecule has 2 unspecified atom stereocenters.